The van der Waals surface area contributed by atoms with E-state index in [0.717, 1.165) is 12.4 Å². The van der Waals surface area contributed by atoms with Crippen molar-refractivity contribution in [3.05, 3.63) is 21.8 Å². The van der Waals surface area contributed by atoms with Crippen LogP contribution in [0.25, 0.3) is 0 Å². The Morgan fingerprint density at radius 1 is 1.18 bits per heavy atom. The summed E-state index contributed by atoms with van der Waals surface area (Å²) in [6.07, 6.45) is -2.83. The number of halogens is 4. The second-order valence-corrected chi connectivity index (χ2v) is 2.70. The minimum absolute atomic E-state index is 0.301. The molecule has 60 valence electrons. The van der Waals surface area contributed by atoms with E-state index in [4.69, 9.17) is 0 Å². The first-order valence-electron chi connectivity index (χ1n) is 2.55. The molecule has 1 aromatic rings. The highest BCUT2D eigenvalue weighted by Crippen LogP contribution is 2.27. The van der Waals surface area contributed by atoms with Gasteiger partial charge < -0.3 is 0 Å². The highest BCUT2D eigenvalue weighted by Gasteiger charge is 2.31. The Morgan fingerprint density at radius 3 is 2.00 bits per heavy atom. The van der Waals surface area contributed by atoms with E-state index in [9.17, 15) is 13.2 Å². The molecule has 0 saturated heterocycles. The molecule has 0 bridgehead atoms. The molecular formula is C5H2F3IN2. The van der Waals surface area contributed by atoms with E-state index in [1.165, 1.54) is 0 Å². The van der Waals surface area contributed by atoms with Crippen LogP contribution in [0, 0.1) is 3.83 Å². The summed E-state index contributed by atoms with van der Waals surface area (Å²) in [7, 11) is 0. The average Bonchev–Trinajstić information content (AvgIpc) is 1.86. The van der Waals surface area contributed by atoms with Crippen molar-refractivity contribution in [2.75, 3.05) is 0 Å². The molecule has 1 heterocycles. The smallest absolute Gasteiger partial charge is 0.231 e. The van der Waals surface area contributed by atoms with Crippen molar-refractivity contribution in [1.82, 2.24) is 9.97 Å². The van der Waals surface area contributed by atoms with Gasteiger partial charge in [-0.05, 0) is 0 Å². The highest BCUT2D eigenvalue weighted by molar-refractivity contribution is 14.1. The van der Waals surface area contributed by atoms with Gasteiger partial charge in [0.1, 0.15) is 0 Å². The van der Waals surface area contributed by atoms with Gasteiger partial charge in [0.15, 0.2) is 3.83 Å². The molecule has 0 aliphatic heterocycles. The third-order valence-corrected chi connectivity index (χ3v) is 1.50. The summed E-state index contributed by atoms with van der Waals surface area (Å²) in [5, 5.41) is 0. The Labute approximate surface area is 74.0 Å². The first-order chi connectivity index (χ1) is 5.00. The molecule has 0 radical (unpaired) electrons. The molecule has 0 fully saturated rings. The maximum atomic E-state index is 11.8. The lowest BCUT2D eigenvalue weighted by Crippen LogP contribution is -2.06. The fourth-order valence-electron chi connectivity index (χ4n) is 0.459. The second-order valence-electron chi connectivity index (χ2n) is 1.74. The Hall–Kier alpha value is -0.400. The number of aromatic nitrogens is 2. The molecule has 2 nitrogen and oxygen atoms in total. The van der Waals surface area contributed by atoms with Crippen LogP contribution in [-0.4, -0.2) is 9.97 Å². The third kappa shape index (κ3) is 2.28. The fourth-order valence-corrected chi connectivity index (χ4v) is 0.737. The molecule has 0 spiro atoms. The monoisotopic (exact) mass is 274 g/mol. The first kappa shape index (κ1) is 8.69. The van der Waals surface area contributed by atoms with Gasteiger partial charge in [0, 0.05) is 35.0 Å². The van der Waals surface area contributed by atoms with E-state index in [1.54, 1.807) is 22.6 Å². The molecule has 0 atom stereocenters. The topological polar surface area (TPSA) is 25.8 Å². The zero-order valence-corrected chi connectivity index (χ0v) is 7.22. The van der Waals surface area contributed by atoms with Crippen molar-refractivity contribution in [3.63, 3.8) is 0 Å². The number of nitrogens with zero attached hydrogens (tertiary/aromatic N) is 2. The maximum absolute atomic E-state index is 11.8. The predicted octanol–water partition coefficient (Wildman–Crippen LogP) is 2.10. The lowest BCUT2D eigenvalue weighted by atomic mass is 10.3. The Morgan fingerprint density at radius 2 is 1.64 bits per heavy atom. The lowest BCUT2D eigenvalue weighted by Gasteiger charge is -2.03. The summed E-state index contributed by atoms with van der Waals surface area (Å²) < 4.78 is 35.8. The largest absolute Gasteiger partial charge is 0.419 e. The van der Waals surface area contributed by atoms with Crippen molar-refractivity contribution >= 4 is 22.6 Å². The third-order valence-electron chi connectivity index (χ3n) is 0.948. The first-order valence-corrected chi connectivity index (χ1v) is 3.63. The summed E-state index contributed by atoms with van der Waals surface area (Å²) in [5.74, 6) is 0. The molecule has 1 rings (SSSR count). The molecule has 0 unspecified atom stereocenters. The molecule has 0 aliphatic carbocycles. The molecule has 1 aromatic heterocycles. The molecule has 0 saturated carbocycles. The molecule has 0 aliphatic rings. The Kier molecular flexibility index (Phi) is 2.31. The SMILES string of the molecule is FC(F)(F)c1cnc(I)nc1. The minimum atomic E-state index is -4.34. The Balaban J connectivity index is 2.99. The van der Waals surface area contributed by atoms with Crippen LogP contribution in [0.1, 0.15) is 5.56 Å². The van der Waals surface area contributed by atoms with Crippen LogP contribution in [0.5, 0.6) is 0 Å². The normalized spacial score (nSPS) is 11.6. The number of hydrogen-bond acceptors (Lipinski definition) is 2. The van der Waals surface area contributed by atoms with Gasteiger partial charge in [0.25, 0.3) is 0 Å². The van der Waals surface area contributed by atoms with Gasteiger partial charge in [0.2, 0.25) is 0 Å². The number of rotatable bonds is 0. The van der Waals surface area contributed by atoms with Gasteiger partial charge in [-0.3, -0.25) is 0 Å². The average molecular weight is 274 g/mol. The predicted molar refractivity (Wildman–Crippen MR) is 39.8 cm³/mol. The van der Waals surface area contributed by atoms with E-state index in [0.29, 0.717) is 3.83 Å². The summed E-state index contributed by atoms with van der Waals surface area (Å²) in [6, 6.07) is 0. The summed E-state index contributed by atoms with van der Waals surface area (Å²) in [5.41, 5.74) is -0.821. The quantitative estimate of drug-likeness (QED) is 0.535. The second kappa shape index (κ2) is 2.92. The zero-order chi connectivity index (χ0) is 8.48. The summed E-state index contributed by atoms with van der Waals surface area (Å²) in [6.45, 7) is 0. The van der Waals surface area contributed by atoms with E-state index in [-0.39, 0.29) is 0 Å². The van der Waals surface area contributed by atoms with Gasteiger partial charge >= 0.3 is 6.18 Å². The van der Waals surface area contributed by atoms with Crippen LogP contribution in [0.3, 0.4) is 0 Å². The van der Waals surface area contributed by atoms with E-state index < -0.39 is 11.7 Å². The van der Waals surface area contributed by atoms with Crippen molar-refractivity contribution < 1.29 is 13.2 Å². The van der Waals surface area contributed by atoms with Crippen molar-refractivity contribution in [3.8, 4) is 0 Å². The Bertz CT molecular complexity index is 243. The van der Waals surface area contributed by atoms with Gasteiger partial charge in [-0.2, -0.15) is 13.2 Å². The lowest BCUT2D eigenvalue weighted by molar-refractivity contribution is -0.138. The van der Waals surface area contributed by atoms with Crippen LogP contribution >= 0.6 is 22.6 Å². The van der Waals surface area contributed by atoms with Crippen molar-refractivity contribution in [2.45, 2.75) is 6.18 Å². The molecule has 6 heteroatoms. The number of hydrogen-bond donors (Lipinski definition) is 0. The fraction of sp³-hybridized carbons (Fsp3) is 0.200. The summed E-state index contributed by atoms with van der Waals surface area (Å²) >= 11 is 1.74. The van der Waals surface area contributed by atoms with Crippen LogP contribution in [0.15, 0.2) is 12.4 Å². The molecule has 0 N–H and O–H groups in total. The van der Waals surface area contributed by atoms with Crippen LogP contribution in [0.4, 0.5) is 13.2 Å². The van der Waals surface area contributed by atoms with Crippen molar-refractivity contribution in [1.29, 1.82) is 0 Å². The van der Waals surface area contributed by atoms with Crippen molar-refractivity contribution in [2.24, 2.45) is 0 Å². The van der Waals surface area contributed by atoms with Gasteiger partial charge in [-0.25, -0.2) is 9.97 Å². The van der Waals surface area contributed by atoms with E-state index >= 15 is 0 Å². The van der Waals surface area contributed by atoms with Gasteiger partial charge in [-0.1, -0.05) is 0 Å². The summed E-state index contributed by atoms with van der Waals surface area (Å²) in [4.78, 5) is 6.80. The van der Waals surface area contributed by atoms with Gasteiger partial charge in [0.05, 0.1) is 5.56 Å². The highest BCUT2D eigenvalue weighted by atomic mass is 127. The standard InChI is InChI=1S/C5H2F3IN2/c6-5(7,8)3-1-10-4(9)11-2-3/h1-2H. The van der Waals surface area contributed by atoms with Crippen LogP contribution in [0.2, 0.25) is 0 Å². The molecular weight excluding hydrogens is 272 g/mol. The molecule has 11 heavy (non-hydrogen) atoms. The minimum Gasteiger partial charge on any atom is -0.231 e. The molecule has 0 aromatic carbocycles. The zero-order valence-electron chi connectivity index (χ0n) is 5.06. The number of alkyl halides is 3. The van der Waals surface area contributed by atoms with Crippen LogP contribution < -0.4 is 0 Å². The van der Waals surface area contributed by atoms with E-state index in [1.807, 2.05) is 0 Å². The van der Waals surface area contributed by atoms with Gasteiger partial charge in [-0.15, -0.1) is 0 Å². The van der Waals surface area contributed by atoms with E-state index in [2.05, 4.69) is 9.97 Å². The maximum Gasteiger partial charge on any atom is 0.419 e. The van der Waals surface area contributed by atoms with Crippen LogP contribution in [-0.2, 0) is 6.18 Å². The molecule has 0 amide bonds.